The molecular weight excluding hydrogens is 280 g/mol. The van der Waals surface area contributed by atoms with Gasteiger partial charge in [0.25, 0.3) is 0 Å². The van der Waals surface area contributed by atoms with Crippen molar-refractivity contribution in [1.29, 1.82) is 0 Å². The predicted molar refractivity (Wildman–Crippen MR) is 81.8 cm³/mol. The van der Waals surface area contributed by atoms with Crippen LogP contribution in [-0.4, -0.2) is 56.0 Å². The van der Waals surface area contributed by atoms with E-state index in [-0.39, 0.29) is 30.1 Å². The topological polar surface area (TPSA) is 87.5 Å². The first-order chi connectivity index (χ1) is 9.17. The Bertz CT molecular complexity index is 302. The molecule has 0 spiro atoms. The molecule has 6 nitrogen and oxygen atoms in total. The summed E-state index contributed by atoms with van der Waals surface area (Å²) in [5.74, 6) is 0.0910. The van der Waals surface area contributed by atoms with Gasteiger partial charge in [0.05, 0.1) is 12.5 Å². The molecule has 0 aromatic carbocycles. The number of nitrogens with zero attached hydrogens (tertiary/aromatic N) is 1. The third-order valence-corrected chi connectivity index (χ3v) is 3.26. The zero-order valence-corrected chi connectivity index (χ0v) is 13.0. The highest BCUT2D eigenvalue weighted by molar-refractivity contribution is 5.85. The van der Waals surface area contributed by atoms with Crippen LogP contribution in [0, 0.1) is 5.92 Å². The van der Waals surface area contributed by atoms with Gasteiger partial charge >= 0.3 is 0 Å². The molecule has 4 N–H and O–H groups in total. The fourth-order valence-corrected chi connectivity index (χ4v) is 2.28. The van der Waals surface area contributed by atoms with Crippen LogP contribution in [-0.2, 0) is 9.59 Å². The van der Waals surface area contributed by atoms with Gasteiger partial charge in [0.1, 0.15) is 0 Å². The van der Waals surface area contributed by atoms with E-state index in [2.05, 4.69) is 15.5 Å². The summed E-state index contributed by atoms with van der Waals surface area (Å²) in [6.07, 6.45) is 2.79. The number of carbonyl (C=O) groups excluding carboxylic acids is 2. The van der Waals surface area contributed by atoms with Gasteiger partial charge in [0.15, 0.2) is 0 Å². The number of rotatable bonds is 7. The van der Waals surface area contributed by atoms with Crippen molar-refractivity contribution in [3.63, 3.8) is 0 Å². The maximum absolute atomic E-state index is 11.9. The molecule has 1 aliphatic rings. The van der Waals surface area contributed by atoms with Gasteiger partial charge in [0, 0.05) is 26.2 Å². The van der Waals surface area contributed by atoms with Gasteiger partial charge in [-0.2, -0.15) is 0 Å². The summed E-state index contributed by atoms with van der Waals surface area (Å²) in [6.45, 7) is 5.66. The van der Waals surface area contributed by atoms with Crippen LogP contribution >= 0.6 is 12.4 Å². The van der Waals surface area contributed by atoms with E-state index in [1.54, 1.807) is 0 Å². The van der Waals surface area contributed by atoms with Crippen LogP contribution in [0.15, 0.2) is 0 Å². The van der Waals surface area contributed by atoms with Gasteiger partial charge in [-0.25, -0.2) is 0 Å². The van der Waals surface area contributed by atoms with Crippen molar-refractivity contribution in [3.8, 4) is 0 Å². The normalized spacial score (nSPS) is 19.0. The van der Waals surface area contributed by atoms with Crippen LogP contribution in [0.5, 0.6) is 0 Å². The molecule has 1 fully saturated rings. The van der Waals surface area contributed by atoms with Crippen molar-refractivity contribution in [2.45, 2.75) is 26.2 Å². The zero-order valence-electron chi connectivity index (χ0n) is 12.2. The summed E-state index contributed by atoms with van der Waals surface area (Å²) < 4.78 is 0. The summed E-state index contributed by atoms with van der Waals surface area (Å²) in [4.78, 5) is 25.6. The molecule has 1 unspecified atom stereocenters. The van der Waals surface area contributed by atoms with E-state index in [1.807, 2.05) is 6.92 Å². The maximum Gasteiger partial charge on any atom is 0.234 e. The number of amides is 2. The Kier molecular flexibility index (Phi) is 10.4. The second-order valence-corrected chi connectivity index (χ2v) is 5.00. The van der Waals surface area contributed by atoms with Crippen LogP contribution in [0.25, 0.3) is 0 Å². The Hall–Kier alpha value is -0.850. The van der Waals surface area contributed by atoms with E-state index < -0.39 is 0 Å². The lowest BCUT2D eigenvalue weighted by atomic mass is 9.97. The number of halogens is 1. The molecule has 20 heavy (non-hydrogen) atoms. The van der Waals surface area contributed by atoms with Crippen molar-refractivity contribution < 1.29 is 9.59 Å². The molecule has 7 heteroatoms. The molecular formula is C13H27ClN4O2. The standard InChI is InChI=1S/C13H26N4O2.ClH/c1-2-6-15-12(18)10-17-8-3-4-11(9-17)13(19)16-7-5-14;/h11H,2-10,14H2,1H3,(H,15,18)(H,16,19);1H. The van der Waals surface area contributed by atoms with Crippen molar-refractivity contribution in [2.75, 3.05) is 39.3 Å². The molecule has 0 bridgehead atoms. The fraction of sp³-hybridized carbons (Fsp3) is 0.846. The Balaban J connectivity index is 0.00000361. The summed E-state index contributed by atoms with van der Waals surface area (Å²) in [5, 5.41) is 5.68. The minimum Gasteiger partial charge on any atom is -0.355 e. The Morgan fingerprint density at radius 1 is 1.30 bits per heavy atom. The maximum atomic E-state index is 11.9. The lowest BCUT2D eigenvalue weighted by Gasteiger charge is -2.31. The third-order valence-electron chi connectivity index (χ3n) is 3.26. The number of likely N-dealkylation sites (tertiary alicyclic amines) is 1. The summed E-state index contributed by atoms with van der Waals surface area (Å²) in [6, 6.07) is 0. The first kappa shape index (κ1) is 19.1. The van der Waals surface area contributed by atoms with Crippen molar-refractivity contribution in [2.24, 2.45) is 11.7 Å². The smallest absolute Gasteiger partial charge is 0.234 e. The SMILES string of the molecule is CCCNC(=O)CN1CCCC(C(=O)NCCN)C1.Cl. The molecule has 1 rings (SSSR count). The van der Waals surface area contributed by atoms with Gasteiger partial charge in [-0.05, 0) is 25.8 Å². The van der Waals surface area contributed by atoms with Crippen molar-refractivity contribution in [3.05, 3.63) is 0 Å². The number of nitrogens with one attached hydrogen (secondary N) is 2. The average Bonchev–Trinajstić information content (AvgIpc) is 2.42. The predicted octanol–water partition coefficient (Wildman–Crippen LogP) is -0.279. The minimum atomic E-state index is -0.0146. The van der Waals surface area contributed by atoms with Gasteiger partial charge < -0.3 is 16.4 Å². The number of carbonyl (C=O) groups is 2. The molecule has 2 amide bonds. The van der Waals surface area contributed by atoms with Crippen LogP contribution in [0.3, 0.4) is 0 Å². The fourth-order valence-electron chi connectivity index (χ4n) is 2.28. The van der Waals surface area contributed by atoms with E-state index in [9.17, 15) is 9.59 Å². The highest BCUT2D eigenvalue weighted by Gasteiger charge is 2.26. The molecule has 1 aliphatic heterocycles. The Labute approximate surface area is 127 Å². The van der Waals surface area contributed by atoms with E-state index >= 15 is 0 Å². The zero-order chi connectivity index (χ0) is 14.1. The third kappa shape index (κ3) is 7.07. The van der Waals surface area contributed by atoms with Gasteiger partial charge in [-0.15, -0.1) is 12.4 Å². The summed E-state index contributed by atoms with van der Waals surface area (Å²) in [5.41, 5.74) is 5.37. The first-order valence-corrected chi connectivity index (χ1v) is 7.14. The highest BCUT2D eigenvalue weighted by atomic mass is 35.5. The van der Waals surface area contributed by atoms with Crippen molar-refractivity contribution in [1.82, 2.24) is 15.5 Å². The van der Waals surface area contributed by atoms with Crippen LogP contribution in [0.2, 0.25) is 0 Å². The first-order valence-electron chi connectivity index (χ1n) is 7.14. The average molecular weight is 307 g/mol. The van der Waals surface area contributed by atoms with Crippen molar-refractivity contribution >= 4 is 24.2 Å². The molecule has 118 valence electrons. The Morgan fingerprint density at radius 2 is 2.05 bits per heavy atom. The number of hydrogen-bond acceptors (Lipinski definition) is 4. The molecule has 0 saturated carbocycles. The summed E-state index contributed by atoms with van der Waals surface area (Å²) in [7, 11) is 0. The molecule has 0 aliphatic carbocycles. The largest absolute Gasteiger partial charge is 0.355 e. The monoisotopic (exact) mass is 306 g/mol. The van der Waals surface area contributed by atoms with Gasteiger partial charge in [-0.1, -0.05) is 6.92 Å². The minimum absolute atomic E-state index is 0. The molecule has 1 saturated heterocycles. The molecule has 1 heterocycles. The molecule has 0 aromatic rings. The van der Waals surface area contributed by atoms with E-state index in [1.165, 1.54) is 0 Å². The molecule has 0 radical (unpaired) electrons. The summed E-state index contributed by atoms with van der Waals surface area (Å²) >= 11 is 0. The lowest BCUT2D eigenvalue weighted by Crippen LogP contribution is -2.47. The van der Waals surface area contributed by atoms with Crippen LogP contribution in [0.4, 0.5) is 0 Å². The van der Waals surface area contributed by atoms with E-state index in [0.717, 1.165) is 25.8 Å². The molecule has 0 aromatic heterocycles. The van der Waals surface area contributed by atoms with Gasteiger partial charge in [-0.3, -0.25) is 14.5 Å². The second kappa shape index (κ2) is 10.9. The van der Waals surface area contributed by atoms with E-state index in [0.29, 0.717) is 32.7 Å². The van der Waals surface area contributed by atoms with Gasteiger partial charge in [0.2, 0.25) is 11.8 Å². The van der Waals surface area contributed by atoms with E-state index in [4.69, 9.17) is 5.73 Å². The quantitative estimate of drug-likeness (QED) is 0.604. The number of nitrogens with two attached hydrogens (primary N) is 1. The lowest BCUT2D eigenvalue weighted by molar-refractivity contribution is -0.128. The highest BCUT2D eigenvalue weighted by Crippen LogP contribution is 2.16. The number of hydrogen-bond donors (Lipinski definition) is 3. The number of piperidine rings is 1. The van der Waals surface area contributed by atoms with Crippen LogP contribution in [0.1, 0.15) is 26.2 Å². The Morgan fingerprint density at radius 3 is 2.70 bits per heavy atom. The van der Waals surface area contributed by atoms with Crippen LogP contribution < -0.4 is 16.4 Å². The molecule has 1 atom stereocenters. The second-order valence-electron chi connectivity index (χ2n) is 5.00.